The zero-order chi connectivity index (χ0) is 11.5. The summed E-state index contributed by atoms with van der Waals surface area (Å²) in [6.45, 7) is 2.79. The Morgan fingerprint density at radius 2 is 2.31 bits per heavy atom. The zero-order valence-electron chi connectivity index (χ0n) is 9.30. The summed E-state index contributed by atoms with van der Waals surface area (Å²) in [7, 11) is 0. The molecule has 3 nitrogen and oxygen atoms in total. The molecule has 0 aromatic heterocycles. The summed E-state index contributed by atoms with van der Waals surface area (Å²) in [5.41, 5.74) is 7.28. The fourth-order valence-electron chi connectivity index (χ4n) is 1.83. The highest BCUT2D eigenvalue weighted by Crippen LogP contribution is 2.36. The number of aliphatic hydroxyl groups excluding tert-OH is 1. The van der Waals surface area contributed by atoms with Crippen LogP contribution in [-0.2, 0) is 0 Å². The maximum Gasteiger partial charge on any atom is 0.124 e. The molecule has 2 rings (SSSR count). The molecule has 1 heterocycles. The van der Waals surface area contributed by atoms with E-state index >= 15 is 0 Å². The largest absolute Gasteiger partial charge is 0.492 e. The Morgan fingerprint density at radius 3 is 3.06 bits per heavy atom. The molecule has 1 aliphatic heterocycles. The summed E-state index contributed by atoms with van der Waals surface area (Å²) < 4.78 is 5.67. The normalized spacial score (nSPS) is 25.7. The molecule has 0 saturated heterocycles. The first-order valence-corrected chi connectivity index (χ1v) is 6.40. The van der Waals surface area contributed by atoms with Crippen LogP contribution in [0.15, 0.2) is 24.3 Å². The minimum Gasteiger partial charge on any atom is -0.492 e. The fraction of sp³-hybridized carbons (Fsp3) is 0.500. The van der Waals surface area contributed by atoms with Gasteiger partial charge in [-0.25, -0.2) is 0 Å². The van der Waals surface area contributed by atoms with Crippen molar-refractivity contribution < 1.29 is 9.84 Å². The third-order valence-corrected chi connectivity index (χ3v) is 4.14. The Balaban J connectivity index is 2.12. The van der Waals surface area contributed by atoms with E-state index in [1.54, 1.807) is 11.8 Å². The van der Waals surface area contributed by atoms with Crippen LogP contribution in [0.3, 0.4) is 0 Å². The molecule has 1 aromatic rings. The summed E-state index contributed by atoms with van der Waals surface area (Å²) in [6.07, 6.45) is 0. The third-order valence-electron chi connectivity index (χ3n) is 2.75. The second-order valence-corrected chi connectivity index (χ2v) is 5.72. The lowest BCUT2D eigenvalue weighted by Gasteiger charge is -2.31. The van der Waals surface area contributed by atoms with Gasteiger partial charge in [-0.05, 0) is 6.07 Å². The molecule has 0 bridgehead atoms. The highest BCUT2D eigenvalue weighted by molar-refractivity contribution is 8.00. The second kappa shape index (κ2) is 5.08. The third kappa shape index (κ3) is 2.34. The van der Waals surface area contributed by atoms with Crippen LogP contribution in [0.1, 0.15) is 18.5 Å². The molecule has 1 aromatic carbocycles. The molecule has 3 unspecified atom stereocenters. The van der Waals surface area contributed by atoms with Crippen LogP contribution >= 0.6 is 11.8 Å². The molecular formula is C12H17NO2S. The van der Waals surface area contributed by atoms with E-state index in [0.717, 1.165) is 11.3 Å². The molecule has 1 aliphatic rings. The molecule has 0 amide bonds. The predicted octanol–water partition coefficient (Wildman–Crippen LogP) is 1.56. The number of rotatable bonds is 3. The average Bonchev–Trinajstić information content (AvgIpc) is 2.33. The number of nitrogens with two attached hydrogens (primary N) is 1. The molecule has 0 radical (unpaired) electrons. The second-order valence-electron chi connectivity index (χ2n) is 4.04. The van der Waals surface area contributed by atoms with Crippen LogP contribution < -0.4 is 10.5 Å². The fourth-order valence-corrected chi connectivity index (χ4v) is 2.97. The van der Waals surface area contributed by atoms with Crippen LogP contribution in [0.25, 0.3) is 0 Å². The Labute approximate surface area is 100.0 Å². The van der Waals surface area contributed by atoms with Gasteiger partial charge in [0.1, 0.15) is 12.4 Å². The van der Waals surface area contributed by atoms with Gasteiger partial charge in [0.2, 0.25) is 0 Å². The highest BCUT2D eigenvalue weighted by atomic mass is 32.2. The van der Waals surface area contributed by atoms with Crippen molar-refractivity contribution in [2.45, 2.75) is 23.5 Å². The molecule has 0 spiro atoms. The summed E-state index contributed by atoms with van der Waals surface area (Å²) in [5, 5.41) is 9.46. The van der Waals surface area contributed by atoms with Gasteiger partial charge in [-0.2, -0.15) is 0 Å². The first-order chi connectivity index (χ1) is 7.72. The zero-order valence-corrected chi connectivity index (χ0v) is 10.1. The Kier molecular flexibility index (Phi) is 3.74. The molecule has 3 atom stereocenters. The number of benzene rings is 1. The summed E-state index contributed by atoms with van der Waals surface area (Å²) in [5.74, 6) is 0.892. The van der Waals surface area contributed by atoms with E-state index in [0.29, 0.717) is 6.61 Å². The lowest BCUT2D eigenvalue weighted by atomic mass is 10.0. The number of hydrogen-bond donors (Lipinski definition) is 2. The van der Waals surface area contributed by atoms with E-state index in [-0.39, 0.29) is 23.1 Å². The highest BCUT2D eigenvalue weighted by Gasteiger charge is 2.29. The number of hydrogen-bond acceptors (Lipinski definition) is 4. The molecule has 0 fully saturated rings. The summed E-state index contributed by atoms with van der Waals surface area (Å²) >= 11 is 1.69. The van der Waals surface area contributed by atoms with Crippen molar-refractivity contribution in [3.05, 3.63) is 29.8 Å². The number of ether oxygens (including phenoxy) is 1. The van der Waals surface area contributed by atoms with Crippen molar-refractivity contribution in [3.63, 3.8) is 0 Å². The van der Waals surface area contributed by atoms with Crippen LogP contribution in [-0.4, -0.2) is 28.8 Å². The van der Waals surface area contributed by atoms with Gasteiger partial charge in [0.15, 0.2) is 0 Å². The van der Waals surface area contributed by atoms with Gasteiger partial charge in [0.05, 0.1) is 11.9 Å². The minimum atomic E-state index is -0.0102. The van der Waals surface area contributed by atoms with Gasteiger partial charge < -0.3 is 15.6 Å². The van der Waals surface area contributed by atoms with Gasteiger partial charge in [-0.3, -0.25) is 0 Å². The van der Waals surface area contributed by atoms with E-state index in [4.69, 9.17) is 15.6 Å². The lowest BCUT2D eigenvalue weighted by Crippen LogP contribution is -2.35. The van der Waals surface area contributed by atoms with Gasteiger partial charge >= 0.3 is 0 Å². The monoisotopic (exact) mass is 239 g/mol. The van der Waals surface area contributed by atoms with Crippen molar-refractivity contribution in [2.24, 2.45) is 5.73 Å². The number of fused-ring (bicyclic) bond motifs is 1. The van der Waals surface area contributed by atoms with E-state index in [1.165, 1.54) is 0 Å². The minimum absolute atomic E-state index is 0.0102. The van der Waals surface area contributed by atoms with Crippen LogP contribution in [0.2, 0.25) is 0 Å². The van der Waals surface area contributed by atoms with Crippen molar-refractivity contribution in [1.82, 2.24) is 0 Å². The predicted molar refractivity (Wildman–Crippen MR) is 66.8 cm³/mol. The topological polar surface area (TPSA) is 55.5 Å². The standard InChI is InChI=1S/C12H17NO2S/c1-8(6-14)16-11-7-15-10-5-3-2-4-9(10)12(11)13/h2-5,8,11-12,14H,6-7,13H2,1H3. The molecular weight excluding hydrogens is 222 g/mol. The quantitative estimate of drug-likeness (QED) is 0.840. The van der Waals surface area contributed by atoms with Crippen LogP contribution in [0.5, 0.6) is 5.75 Å². The number of aliphatic hydroxyl groups is 1. The lowest BCUT2D eigenvalue weighted by molar-refractivity contribution is 0.273. The summed E-state index contributed by atoms with van der Waals surface area (Å²) in [4.78, 5) is 0. The van der Waals surface area contributed by atoms with Crippen molar-refractivity contribution >= 4 is 11.8 Å². The smallest absolute Gasteiger partial charge is 0.124 e. The maximum absolute atomic E-state index is 9.04. The van der Waals surface area contributed by atoms with Crippen molar-refractivity contribution in [3.8, 4) is 5.75 Å². The Morgan fingerprint density at radius 1 is 1.56 bits per heavy atom. The van der Waals surface area contributed by atoms with E-state index in [1.807, 2.05) is 31.2 Å². The van der Waals surface area contributed by atoms with Gasteiger partial charge in [-0.15, -0.1) is 11.8 Å². The Hall–Kier alpha value is -0.710. The van der Waals surface area contributed by atoms with E-state index in [9.17, 15) is 0 Å². The van der Waals surface area contributed by atoms with Gasteiger partial charge in [0, 0.05) is 16.9 Å². The van der Waals surface area contributed by atoms with Crippen LogP contribution in [0.4, 0.5) is 0 Å². The van der Waals surface area contributed by atoms with Crippen molar-refractivity contribution in [1.29, 1.82) is 0 Å². The summed E-state index contributed by atoms with van der Waals surface area (Å²) in [6, 6.07) is 7.88. The first kappa shape index (κ1) is 11.8. The molecule has 88 valence electrons. The Bertz CT molecular complexity index is 359. The molecule has 0 saturated carbocycles. The maximum atomic E-state index is 9.04. The SMILES string of the molecule is CC(CO)SC1COc2ccccc2C1N. The van der Waals surface area contributed by atoms with E-state index in [2.05, 4.69) is 0 Å². The average molecular weight is 239 g/mol. The number of para-hydroxylation sites is 1. The van der Waals surface area contributed by atoms with E-state index < -0.39 is 0 Å². The van der Waals surface area contributed by atoms with Crippen LogP contribution in [0, 0.1) is 0 Å². The molecule has 4 heteroatoms. The first-order valence-electron chi connectivity index (χ1n) is 5.46. The molecule has 16 heavy (non-hydrogen) atoms. The number of thioether (sulfide) groups is 1. The molecule has 0 aliphatic carbocycles. The van der Waals surface area contributed by atoms with Gasteiger partial charge in [0.25, 0.3) is 0 Å². The van der Waals surface area contributed by atoms with Crippen molar-refractivity contribution in [2.75, 3.05) is 13.2 Å². The molecule has 3 N–H and O–H groups in total. The van der Waals surface area contributed by atoms with Gasteiger partial charge in [-0.1, -0.05) is 25.1 Å².